The highest BCUT2D eigenvalue weighted by molar-refractivity contribution is 5.94. The van der Waals surface area contributed by atoms with Crippen LogP contribution in [0.25, 0.3) is 11.3 Å². The Balaban J connectivity index is 1.32. The first-order chi connectivity index (χ1) is 15.6. The van der Waals surface area contributed by atoms with Crippen LogP contribution in [0.15, 0.2) is 71.3 Å². The largest absolute Gasteiger partial charge is 0.490 e. The summed E-state index contributed by atoms with van der Waals surface area (Å²) in [6.07, 6.45) is 3.69. The molecule has 2 atom stereocenters. The maximum absolute atomic E-state index is 12.6. The van der Waals surface area contributed by atoms with Crippen LogP contribution < -0.4 is 10.1 Å². The van der Waals surface area contributed by atoms with E-state index in [0.29, 0.717) is 24.3 Å². The number of amides is 1. The van der Waals surface area contributed by atoms with Crippen LogP contribution >= 0.6 is 0 Å². The molecule has 7 heteroatoms. The lowest BCUT2D eigenvalue weighted by atomic mass is 10.1. The number of carboxylic acid groups (broad SMARTS) is 1. The van der Waals surface area contributed by atoms with Crippen LogP contribution in [0.4, 0.5) is 0 Å². The summed E-state index contributed by atoms with van der Waals surface area (Å²) >= 11 is 0. The highest BCUT2D eigenvalue weighted by atomic mass is 16.5. The van der Waals surface area contributed by atoms with Gasteiger partial charge in [0.2, 0.25) is 0 Å². The van der Waals surface area contributed by atoms with Gasteiger partial charge in [0.25, 0.3) is 5.91 Å². The van der Waals surface area contributed by atoms with E-state index in [-0.39, 0.29) is 24.7 Å². The monoisotopic (exact) mass is 435 g/mol. The molecule has 0 bridgehead atoms. The SMILES string of the molecule is O=C(O)COC1CCC(Oc2ccccc2CNC(=O)c2ccc(-c3ccco3)cc2)C1. The highest BCUT2D eigenvalue weighted by Crippen LogP contribution is 2.28. The van der Waals surface area contributed by atoms with Gasteiger partial charge in [-0.3, -0.25) is 4.79 Å². The molecule has 1 aromatic heterocycles. The third-order valence-electron chi connectivity index (χ3n) is 5.44. The molecule has 3 aromatic rings. The van der Waals surface area contributed by atoms with Crippen molar-refractivity contribution in [2.24, 2.45) is 0 Å². The van der Waals surface area contributed by atoms with E-state index in [0.717, 1.165) is 29.7 Å². The first-order valence-corrected chi connectivity index (χ1v) is 10.6. The Morgan fingerprint density at radius 2 is 1.78 bits per heavy atom. The zero-order valence-electron chi connectivity index (χ0n) is 17.5. The number of carbonyl (C=O) groups is 2. The number of nitrogens with one attached hydrogen (secondary N) is 1. The average molecular weight is 435 g/mol. The molecule has 1 saturated carbocycles. The summed E-state index contributed by atoms with van der Waals surface area (Å²) in [4.78, 5) is 23.3. The topological polar surface area (TPSA) is 98.0 Å². The van der Waals surface area contributed by atoms with E-state index in [1.54, 1.807) is 18.4 Å². The van der Waals surface area contributed by atoms with Crippen molar-refractivity contribution < 1.29 is 28.6 Å². The lowest BCUT2D eigenvalue weighted by molar-refractivity contribution is -0.144. The molecule has 0 radical (unpaired) electrons. The van der Waals surface area contributed by atoms with Crippen molar-refractivity contribution in [1.29, 1.82) is 0 Å². The number of furan rings is 1. The van der Waals surface area contributed by atoms with Gasteiger partial charge in [0.1, 0.15) is 24.2 Å². The van der Waals surface area contributed by atoms with Crippen LogP contribution in [0.1, 0.15) is 35.2 Å². The van der Waals surface area contributed by atoms with Gasteiger partial charge in [-0.25, -0.2) is 4.79 Å². The highest BCUT2D eigenvalue weighted by Gasteiger charge is 2.27. The molecular formula is C25H25NO6. The van der Waals surface area contributed by atoms with Crippen LogP contribution in [0, 0.1) is 0 Å². The number of para-hydroxylation sites is 1. The van der Waals surface area contributed by atoms with Crippen LogP contribution in [0.5, 0.6) is 5.75 Å². The Hall–Kier alpha value is -3.58. The smallest absolute Gasteiger partial charge is 0.329 e. The van der Waals surface area contributed by atoms with Crippen molar-refractivity contribution in [3.8, 4) is 17.1 Å². The summed E-state index contributed by atoms with van der Waals surface area (Å²) in [5, 5.41) is 11.7. The van der Waals surface area contributed by atoms with Crippen LogP contribution in [0.3, 0.4) is 0 Å². The predicted molar refractivity (Wildman–Crippen MR) is 117 cm³/mol. The molecule has 0 aliphatic heterocycles. The van der Waals surface area contributed by atoms with Crippen molar-refractivity contribution in [3.05, 3.63) is 78.1 Å². The van der Waals surface area contributed by atoms with E-state index < -0.39 is 5.97 Å². The van der Waals surface area contributed by atoms with E-state index in [9.17, 15) is 9.59 Å². The second-order valence-corrected chi connectivity index (χ2v) is 7.72. The summed E-state index contributed by atoms with van der Waals surface area (Å²) in [6.45, 7) is 0.0447. The number of carboxylic acids is 1. The number of rotatable bonds is 9. The number of hydrogen-bond donors (Lipinski definition) is 2. The third kappa shape index (κ3) is 5.56. The van der Waals surface area contributed by atoms with Crippen molar-refractivity contribution in [3.63, 3.8) is 0 Å². The summed E-state index contributed by atoms with van der Waals surface area (Å²) in [5.74, 6) is 0.329. The van der Waals surface area contributed by atoms with Gasteiger partial charge in [-0.05, 0) is 43.2 Å². The van der Waals surface area contributed by atoms with Gasteiger partial charge >= 0.3 is 5.97 Å². The molecule has 1 aliphatic rings. The second-order valence-electron chi connectivity index (χ2n) is 7.72. The standard InChI is InChI=1S/C25H25NO6/c27-24(28)16-31-20-11-12-21(14-20)32-23-5-2-1-4-19(23)15-26-25(29)18-9-7-17(8-10-18)22-6-3-13-30-22/h1-10,13,20-21H,11-12,14-16H2,(H,26,29)(H,27,28). The van der Waals surface area contributed by atoms with Crippen LogP contribution in [0.2, 0.25) is 0 Å². The van der Waals surface area contributed by atoms with E-state index in [1.807, 2.05) is 48.5 Å². The fourth-order valence-corrected chi connectivity index (χ4v) is 3.80. The number of benzene rings is 2. The van der Waals surface area contributed by atoms with E-state index >= 15 is 0 Å². The van der Waals surface area contributed by atoms with E-state index in [4.69, 9.17) is 19.0 Å². The first-order valence-electron chi connectivity index (χ1n) is 10.6. The van der Waals surface area contributed by atoms with Gasteiger partial charge in [0, 0.05) is 29.7 Å². The quantitative estimate of drug-likeness (QED) is 0.521. The van der Waals surface area contributed by atoms with Gasteiger partial charge in [0.15, 0.2) is 0 Å². The molecule has 0 saturated heterocycles. The first kappa shape index (κ1) is 21.6. The zero-order chi connectivity index (χ0) is 22.3. The molecule has 166 valence electrons. The average Bonchev–Trinajstić information content (AvgIpc) is 3.49. The normalized spacial score (nSPS) is 17.8. The maximum Gasteiger partial charge on any atom is 0.329 e. The van der Waals surface area contributed by atoms with Gasteiger partial charge in [0.05, 0.1) is 12.4 Å². The van der Waals surface area contributed by atoms with Crippen molar-refractivity contribution >= 4 is 11.9 Å². The van der Waals surface area contributed by atoms with Crippen LogP contribution in [-0.2, 0) is 16.1 Å². The molecule has 1 fully saturated rings. The molecule has 32 heavy (non-hydrogen) atoms. The molecule has 2 unspecified atom stereocenters. The molecule has 7 nitrogen and oxygen atoms in total. The molecule has 1 aliphatic carbocycles. The molecule has 2 aromatic carbocycles. The number of hydrogen-bond acceptors (Lipinski definition) is 5. The molecular weight excluding hydrogens is 410 g/mol. The molecule has 1 heterocycles. The number of ether oxygens (including phenoxy) is 2. The zero-order valence-corrected chi connectivity index (χ0v) is 17.5. The molecule has 1 amide bonds. The van der Waals surface area contributed by atoms with Gasteiger partial charge in [-0.2, -0.15) is 0 Å². The Labute approximate surface area is 186 Å². The van der Waals surface area contributed by atoms with Gasteiger partial charge in [-0.15, -0.1) is 0 Å². The Morgan fingerprint density at radius 3 is 2.53 bits per heavy atom. The van der Waals surface area contributed by atoms with Crippen molar-refractivity contribution in [2.75, 3.05) is 6.61 Å². The third-order valence-corrected chi connectivity index (χ3v) is 5.44. The fourth-order valence-electron chi connectivity index (χ4n) is 3.80. The van der Waals surface area contributed by atoms with Crippen molar-refractivity contribution in [1.82, 2.24) is 5.32 Å². The summed E-state index contributed by atoms with van der Waals surface area (Å²) in [7, 11) is 0. The lowest BCUT2D eigenvalue weighted by Crippen LogP contribution is -2.24. The van der Waals surface area contributed by atoms with E-state index in [2.05, 4.69) is 5.32 Å². The predicted octanol–water partition coefficient (Wildman–Crippen LogP) is 4.28. The summed E-state index contributed by atoms with van der Waals surface area (Å²) < 4.78 is 16.9. The van der Waals surface area contributed by atoms with Gasteiger partial charge in [-0.1, -0.05) is 30.3 Å². The van der Waals surface area contributed by atoms with E-state index in [1.165, 1.54) is 0 Å². The molecule has 4 rings (SSSR count). The summed E-state index contributed by atoms with van der Waals surface area (Å²) in [5.41, 5.74) is 2.35. The number of carbonyl (C=O) groups excluding carboxylic acids is 1. The molecule has 2 N–H and O–H groups in total. The minimum Gasteiger partial charge on any atom is -0.490 e. The molecule has 0 spiro atoms. The Bertz CT molecular complexity index is 1040. The fraction of sp³-hybridized carbons (Fsp3) is 0.280. The number of aliphatic carboxylic acids is 1. The minimum absolute atomic E-state index is 0.0419. The van der Waals surface area contributed by atoms with Crippen LogP contribution in [-0.4, -0.2) is 35.8 Å². The van der Waals surface area contributed by atoms with Gasteiger partial charge < -0.3 is 24.3 Å². The summed E-state index contributed by atoms with van der Waals surface area (Å²) in [6, 6.07) is 18.5. The maximum atomic E-state index is 12.6. The van der Waals surface area contributed by atoms with Crippen molar-refractivity contribution in [2.45, 2.75) is 38.0 Å². The minimum atomic E-state index is -0.967. The lowest BCUT2D eigenvalue weighted by Gasteiger charge is -2.17. The second kappa shape index (κ2) is 10.2. The Morgan fingerprint density at radius 1 is 1.00 bits per heavy atom. The Kier molecular flexibility index (Phi) is 6.87.